The summed E-state index contributed by atoms with van der Waals surface area (Å²) in [5.41, 5.74) is 7.49. The molecule has 0 aliphatic heterocycles. The molecule has 0 fully saturated rings. The van der Waals surface area contributed by atoms with Crippen LogP contribution in [0.3, 0.4) is 0 Å². The highest BCUT2D eigenvalue weighted by molar-refractivity contribution is 7.26. The van der Waals surface area contributed by atoms with Gasteiger partial charge in [0.1, 0.15) is 11.2 Å². The molecule has 0 amide bonds. The maximum atomic E-state index is 6.69. The summed E-state index contributed by atoms with van der Waals surface area (Å²) in [6.07, 6.45) is 0. The van der Waals surface area contributed by atoms with Crippen molar-refractivity contribution >= 4 is 128 Å². The molecule has 0 spiro atoms. The molecule has 0 aliphatic rings. The minimum Gasteiger partial charge on any atom is -0.456 e. The van der Waals surface area contributed by atoms with Crippen molar-refractivity contribution in [3.63, 3.8) is 0 Å². The van der Waals surface area contributed by atoms with E-state index in [0.29, 0.717) is 17.5 Å². The van der Waals surface area contributed by atoms with Crippen LogP contribution in [0.15, 0.2) is 199 Å². The molecule has 15 aromatic rings. The Morgan fingerprint density at radius 2 is 0.909 bits per heavy atom. The van der Waals surface area contributed by atoms with Crippen molar-refractivity contribution in [1.82, 2.24) is 19.5 Å². The largest absolute Gasteiger partial charge is 0.456 e. The summed E-state index contributed by atoms with van der Waals surface area (Å²) < 4.78 is 14.1. The molecule has 0 bridgehead atoms. The fraction of sp³-hybridized carbons (Fsp3) is 0. The van der Waals surface area contributed by atoms with E-state index in [0.717, 1.165) is 55.3 Å². The fourth-order valence-corrected chi connectivity index (χ4v) is 12.6. The lowest BCUT2D eigenvalue weighted by Gasteiger charge is -2.16. The van der Waals surface area contributed by atoms with Gasteiger partial charge in [-0.25, -0.2) is 15.0 Å². The Balaban J connectivity index is 1.08. The molecule has 15 rings (SSSR count). The molecular weight excluding hydrogens is 845 g/mol. The molecule has 0 saturated carbocycles. The first-order valence-electron chi connectivity index (χ1n) is 22.1. The van der Waals surface area contributed by atoms with Crippen molar-refractivity contribution in [2.45, 2.75) is 0 Å². The summed E-state index contributed by atoms with van der Waals surface area (Å²) in [6, 6.07) is 69.7. The van der Waals surface area contributed by atoms with Crippen molar-refractivity contribution in [1.29, 1.82) is 0 Å². The van der Waals surface area contributed by atoms with E-state index in [1.807, 2.05) is 34.8 Å². The van der Waals surface area contributed by atoms with Crippen molar-refractivity contribution in [3.05, 3.63) is 194 Å². The molecule has 5 nitrogen and oxygen atoms in total. The summed E-state index contributed by atoms with van der Waals surface area (Å²) in [5, 5.41) is 14.0. The Bertz CT molecular complexity index is 4420. The van der Waals surface area contributed by atoms with Gasteiger partial charge in [0.15, 0.2) is 17.5 Å². The van der Waals surface area contributed by atoms with Crippen LogP contribution in [0.1, 0.15) is 0 Å². The van der Waals surface area contributed by atoms with E-state index in [9.17, 15) is 0 Å². The number of rotatable bonds is 4. The smallest absolute Gasteiger partial charge is 0.166 e. The maximum Gasteiger partial charge on any atom is 0.166 e. The number of benzene rings is 10. The zero-order chi connectivity index (χ0) is 43.0. The van der Waals surface area contributed by atoms with Gasteiger partial charge < -0.3 is 8.98 Å². The van der Waals surface area contributed by atoms with Gasteiger partial charge in [-0.15, -0.1) is 22.7 Å². The highest BCUT2D eigenvalue weighted by atomic mass is 32.1. The van der Waals surface area contributed by atoms with Crippen molar-refractivity contribution in [3.8, 4) is 39.9 Å². The van der Waals surface area contributed by atoms with Gasteiger partial charge in [-0.2, -0.15) is 0 Å². The summed E-state index contributed by atoms with van der Waals surface area (Å²) in [5.74, 6) is 1.79. The van der Waals surface area contributed by atoms with Gasteiger partial charge >= 0.3 is 0 Å². The van der Waals surface area contributed by atoms with Crippen molar-refractivity contribution in [2.24, 2.45) is 0 Å². The second-order valence-electron chi connectivity index (χ2n) is 17.1. The summed E-state index contributed by atoms with van der Waals surface area (Å²) in [4.78, 5) is 16.5. The minimum atomic E-state index is 0.573. The first-order valence-corrected chi connectivity index (χ1v) is 23.7. The fourth-order valence-electron chi connectivity index (χ4n) is 10.4. The Morgan fingerprint density at radius 1 is 0.348 bits per heavy atom. The molecule has 7 heteroatoms. The Kier molecular flexibility index (Phi) is 7.47. The van der Waals surface area contributed by atoms with Crippen LogP contribution in [0.5, 0.6) is 0 Å². The number of fused-ring (bicyclic) bond motifs is 15. The lowest BCUT2D eigenvalue weighted by atomic mass is 10.0. The predicted molar refractivity (Wildman–Crippen MR) is 279 cm³/mol. The van der Waals surface area contributed by atoms with Gasteiger partial charge in [-0.05, 0) is 106 Å². The van der Waals surface area contributed by atoms with Gasteiger partial charge in [0.25, 0.3) is 0 Å². The highest BCUT2D eigenvalue weighted by Crippen LogP contribution is 2.46. The average molecular weight is 877 g/mol. The molecule has 5 heterocycles. The maximum absolute atomic E-state index is 6.69. The number of aromatic nitrogens is 4. The normalized spacial score (nSPS) is 12.2. The first kappa shape index (κ1) is 36.1. The standard InChI is InChI=1S/C59H32N4OS2/c1-2-13-35-32-47-44(29-34(35)12-1)54-38-14-4-3-11-33(38)21-24-45(54)63(47)46-25-26-49-55(41-17-5-8-18-48(41)64-49)56(46)59-61-57(36-22-27-52-42(30-36)39-15-6-9-19-50(39)65-52)60-58(62-59)37-23-28-53-43(31-37)40-16-7-10-20-51(40)66-53/h1-32H. The van der Waals surface area contributed by atoms with E-state index >= 15 is 0 Å². The number of para-hydroxylation sites is 1. The molecule has 0 aliphatic carbocycles. The van der Waals surface area contributed by atoms with E-state index < -0.39 is 0 Å². The van der Waals surface area contributed by atoms with Crippen molar-refractivity contribution in [2.75, 3.05) is 0 Å². The molecule has 5 aromatic heterocycles. The van der Waals surface area contributed by atoms with Crippen LogP contribution in [0.25, 0.3) is 145 Å². The molecule has 10 aromatic carbocycles. The third-order valence-corrected chi connectivity index (χ3v) is 15.7. The topological polar surface area (TPSA) is 56.7 Å². The third-order valence-electron chi connectivity index (χ3n) is 13.4. The Morgan fingerprint density at radius 3 is 1.61 bits per heavy atom. The second kappa shape index (κ2) is 13.6. The van der Waals surface area contributed by atoms with Crippen molar-refractivity contribution < 1.29 is 4.42 Å². The molecule has 66 heavy (non-hydrogen) atoms. The highest BCUT2D eigenvalue weighted by Gasteiger charge is 2.26. The van der Waals surface area contributed by atoms with Crippen LogP contribution in [0.4, 0.5) is 0 Å². The molecule has 0 radical (unpaired) electrons. The van der Waals surface area contributed by atoms with Crippen LogP contribution in [-0.4, -0.2) is 19.5 Å². The number of hydrogen-bond acceptors (Lipinski definition) is 6. The van der Waals surface area contributed by atoms with E-state index in [-0.39, 0.29) is 0 Å². The number of thiophene rings is 2. The molecule has 0 unspecified atom stereocenters. The molecule has 0 atom stereocenters. The molecule has 0 N–H and O–H groups in total. The Hall–Kier alpha value is -8.23. The van der Waals surface area contributed by atoms with Crippen LogP contribution in [0, 0.1) is 0 Å². The number of hydrogen-bond donors (Lipinski definition) is 0. The van der Waals surface area contributed by atoms with Gasteiger partial charge in [0.05, 0.1) is 22.3 Å². The predicted octanol–water partition coefficient (Wildman–Crippen LogP) is 16.9. The summed E-state index contributed by atoms with van der Waals surface area (Å²) in [6.45, 7) is 0. The lowest BCUT2D eigenvalue weighted by Crippen LogP contribution is -2.04. The summed E-state index contributed by atoms with van der Waals surface area (Å²) >= 11 is 3.62. The lowest BCUT2D eigenvalue weighted by molar-refractivity contribution is 0.669. The number of furan rings is 1. The third kappa shape index (κ3) is 5.23. The molecular formula is C59H32N4OS2. The van der Waals surface area contributed by atoms with E-state index in [1.165, 1.54) is 72.7 Å². The zero-order valence-electron chi connectivity index (χ0n) is 35.0. The number of nitrogens with zero attached hydrogens (tertiary/aromatic N) is 4. The van der Waals surface area contributed by atoms with Gasteiger partial charge in [-0.1, -0.05) is 109 Å². The Labute approximate surface area is 384 Å². The van der Waals surface area contributed by atoms with Gasteiger partial charge in [0, 0.05) is 73.0 Å². The summed E-state index contributed by atoms with van der Waals surface area (Å²) in [7, 11) is 0. The quantitative estimate of drug-likeness (QED) is 0.177. The van der Waals surface area contributed by atoms with E-state index in [2.05, 4.69) is 187 Å². The van der Waals surface area contributed by atoms with Gasteiger partial charge in [-0.3, -0.25) is 0 Å². The average Bonchev–Trinajstić information content (AvgIpc) is 4.13. The van der Waals surface area contributed by atoms with Crippen LogP contribution in [-0.2, 0) is 0 Å². The van der Waals surface area contributed by atoms with E-state index in [4.69, 9.17) is 19.4 Å². The second-order valence-corrected chi connectivity index (χ2v) is 19.3. The van der Waals surface area contributed by atoms with Crippen LogP contribution in [0.2, 0.25) is 0 Å². The van der Waals surface area contributed by atoms with E-state index in [1.54, 1.807) is 0 Å². The SMILES string of the molecule is c1ccc2cc3c(cc2c1)c1c2ccccc2ccc1n3-c1ccc2oc3ccccc3c2c1-c1nc(-c2ccc3sc4ccccc4c3c2)nc(-c2ccc3sc4ccccc4c3c2)n1. The first-order chi connectivity index (χ1) is 32.7. The molecule has 0 saturated heterocycles. The molecule has 306 valence electrons. The minimum absolute atomic E-state index is 0.573. The van der Waals surface area contributed by atoms with Gasteiger partial charge in [0.2, 0.25) is 0 Å². The van der Waals surface area contributed by atoms with Crippen LogP contribution >= 0.6 is 22.7 Å². The monoisotopic (exact) mass is 876 g/mol. The van der Waals surface area contributed by atoms with Crippen LogP contribution < -0.4 is 0 Å². The zero-order valence-corrected chi connectivity index (χ0v) is 36.6.